The van der Waals surface area contributed by atoms with Crippen LogP contribution in [0.3, 0.4) is 0 Å². The zero-order valence-corrected chi connectivity index (χ0v) is 11.1. The molecule has 90 valence electrons. The number of rotatable bonds is 5. The Bertz CT molecular complexity index is 481. The van der Waals surface area contributed by atoms with Crippen molar-refractivity contribution in [1.29, 1.82) is 0 Å². The number of benzene rings is 1. The maximum absolute atomic E-state index is 12.0. The van der Waals surface area contributed by atoms with Crippen LogP contribution in [-0.4, -0.2) is 10.8 Å². The number of hydrogen-bond acceptors (Lipinski definition) is 3. The lowest BCUT2D eigenvalue weighted by atomic mass is 9.96. The van der Waals surface area contributed by atoms with E-state index in [1.165, 1.54) is 4.70 Å². The molecule has 0 saturated heterocycles. The van der Waals surface area contributed by atoms with Crippen molar-refractivity contribution in [3.8, 4) is 0 Å². The molecule has 2 rings (SSSR count). The van der Waals surface area contributed by atoms with Crippen LogP contribution in [0.5, 0.6) is 0 Å². The van der Waals surface area contributed by atoms with Crippen molar-refractivity contribution in [3.05, 3.63) is 29.3 Å². The zero-order chi connectivity index (χ0) is 12.3. The molecular formula is C14H17NOS. The number of nitrogens with zero attached hydrogens (tertiary/aromatic N) is 1. The van der Waals surface area contributed by atoms with E-state index in [-0.39, 0.29) is 5.92 Å². The summed E-state index contributed by atoms with van der Waals surface area (Å²) in [6, 6.07) is 8.04. The Balaban J connectivity index is 2.15. The van der Waals surface area contributed by atoms with Crippen molar-refractivity contribution < 1.29 is 4.79 Å². The SMILES string of the molecule is CCC(CC)C(=O)Cc1nc2ccccc2s1. The van der Waals surface area contributed by atoms with Crippen molar-refractivity contribution in [1.82, 2.24) is 4.98 Å². The maximum atomic E-state index is 12.0. The molecule has 0 saturated carbocycles. The number of carbonyl (C=O) groups is 1. The lowest BCUT2D eigenvalue weighted by Crippen LogP contribution is -2.15. The molecule has 0 spiro atoms. The molecule has 1 aromatic heterocycles. The third kappa shape index (κ3) is 2.72. The number of thiazole rings is 1. The number of aromatic nitrogens is 1. The van der Waals surface area contributed by atoms with Crippen molar-refractivity contribution in [2.75, 3.05) is 0 Å². The molecule has 0 amide bonds. The molecule has 0 fully saturated rings. The minimum atomic E-state index is 0.196. The van der Waals surface area contributed by atoms with Crippen LogP contribution in [0.1, 0.15) is 31.7 Å². The smallest absolute Gasteiger partial charge is 0.142 e. The van der Waals surface area contributed by atoms with Crippen molar-refractivity contribution in [3.63, 3.8) is 0 Å². The highest BCUT2D eigenvalue weighted by Gasteiger charge is 2.16. The van der Waals surface area contributed by atoms with Crippen molar-refractivity contribution in [2.24, 2.45) is 5.92 Å². The molecule has 1 aromatic carbocycles. The number of carbonyl (C=O) groups excluding carboxylic acids is 1. The van der Waals surface area contributed by atoms with E-state index in [1.54, 1.807) is 11.3 Å². The number of ketones is 1. The van der Waals surface area contributed by atoms with E-state index < -0.39 is 0 Å². The minimum absolute atomic E-state index is 0.196. The van der Waals surface area contributed by atoms with Gasteiger partial charge in [-0.2, -0.15) is 0 Å². The van der Waals surface area contributed by atoms with Gasteiger partial charge in [0.05, 0.1) is 16.6 Å². The Morgan fingerprint density at radius 2 is 2.00 bits per heavy atom. The van der Waals surface area contributed by atoms with Gasteiger partial charge in [-0.1, -0.05) is 26.0 Å². The third-order valence-corrected chi connectivity index (χ3v) is 4.14. The van der Waals surface area contributed by atoms with Gasteiger partial charge < -0.3 is 0 Å². The molecule has 2 aromatic rings. The fourth-order valence-corrected chi connectivity index (χ4v) is 3.01. The van der Waals surface area contributed by atoms with Gasteiger partial charge in [-0.15, -0.1) is 11.3 Å². The van der Waals surface area contributed by atoms with E-state index in [1.807, 2.05) is 18.2 Å². The summed E-state index contributed by atoms with van der Waals surface area (Å²) in [7, 11) is 0. The molecule has 2 nitrogen and oxygen atoms in total. The van der Waals surface area contributed by atoms with Crippen LogP contribution in [0.4, 0.5) is 0 Å². The van der Waals surface area contributed by atoms with E-state index >= 15 is 0 Å². The molecular weight excluding hydrogens is 230 g/mol. The van der Waals surface area contributed by atoms with Gasteiger partial charge in [0, 0.05) is 5.92 Å². The quantitative estimate of drug-likeness (QED) is 0.803. The Kier molecular flexibility index (Phi) is 3.89. The second kappa shape index (κ2) is 5.41. The molecule has 0 unspecified atom stereocenters. The summed E-state index contributed by atoms with van der Waals surface area (Å²) in [5.74, 6) is 0.524. The number of Topliss-reactive ketones (excluding diaryl/α,β-unsaturated/α-hetero) is 1. The van der Waals surface area contributed by atoms with Gasteiger partial charge in [-0.3, -0.25) is 4.79 Å². The fraction of sp³-hybridized carbons (Fsp3) is 0.429. The fourth-order valence-electron chi connectivity index (χ4n) is 2.03. The van der Waals surface area contributed by atoms with Gasteiger partial charge in [0.15, 0.2) is 0 Å². The summed E-state index contributed by atoms with van der Waals surface area (Å²) in [6.07, 6.45) is 2.35. The topological polar surface area (TPSA) is 30.0 Å². The van der Waals surface area contributed by atoms with Crippen LogP contribution < -0.4 is 0 Å². The molecule has 0 N–H and O–H groups in total. The molecule has 17 heavy (non-hydrogen) atoms. The summed E-state index contributed by atoms with van der Waals surface area (Å²) >= 11 is 1.63. The molecule has 0 atom stereocenters. The summed E-state index contributed by atoms with van der Waals surface area (Å²) in [5.41, 5.74) is 1.00. The van der Waals surface area contributed by atoms with Crippen LogP contribution in [0.25, 0.3) is 10.2 Å². The van der Waals surface area contributed by atoms with Crippen LogP contribution in [0.15, 0.2) is 24.3 Å². The monoisotopic (exact) mass is 247 g/mol. The molecule has 3 heteroatoms. The number of fused-ring (bicyclic) bond motifs is 1. The van der Waals surface area contributed by atoms with Crippen LogP contribution in [0.2, 0.25) is 0 Å². The van der Waals surface area contributed by atoms with E-state index in [0.29, 0.717) is 12.2 Å². The summed E-state index contributed by atoms with van der Waals surface area (Å²) in [5, 5.41) is 0.947. The molecule has 1 heterocycles. The number of hydrogen-bond donors (Lipinski definition) is 0. The van der Waals surface area contributed by atoms with Gasteiger partial charge >= 0.3 is 0 Å². The van der Waals surface area contributed by atoms with E-state index in [0.717, 1.165) is 23.4 Å². The van der Waals surface area contributed by atoms with Gasteiger partial charge in [-0.25, -0.2) is 4.98 Å². The highest BCUT2D eigenvalue weighted by Crippen LogP contribution is 2.23. The van der Waals surface area contributed by atoms with Crippen LogP contribution >= 0.6 is 11.3 Å². The zero-order valence-electron chi connectivity index (χ0n) is 10.3. The average molecular weight is 247 g/mol. The van der Waals surface area contributed by atoms with Gasteiger partial charge in [0.2, 0.25) is 0 Å². The average Bonchev–Trinajstić information content (AvgIpc) is 2.72. The van der Waals surface area contributed by atoms with Gasteiger partial charge in [-0.05, 0) is 25.0 Å². The first-order valence-corrected chi connectivity index (χ1v) is 6.93. The first kappa shape index (κ1) is 12.2. The maximum Gasteiger partial charge on any atom is 0.142 e. The molecule has 0 radical (unpaired) electrons. The summed E-state index contributed by atoms with van der Waals surface area (Å²) in [4.78, 5) is 16.5. The normalized spacial score (nSPS) is 11.2. The molecule has 0 aliphatic rings. The highest BCUT2D eigenvalue weighted by atomic mass is 32.1. The summed E-state index contributed by atoms with van der Waals surface area (Å²) < 4.78 is 1.17. The van der Waals surface area contributed by atoms with Crippen molar-refractivity contribution >= 4 is 27.3 Å². The highest BCUT2D eigenvalue weighted by molar-refractivity contribution is 7.18. The van der Waals surface area contributed by atoms with Crippen LogP contribution in [0, 0.1) is 5.92 Å². The molecule has 0 bridgehead atoms. The Morgan fingerprint density at radius 3 is 2.65 bits per heavy atom. The van der Waals surface area contributed by atoms with Crippen LogP contribution in [-0.2, 0) is 11.2 Å². The van der Waals surface area contributed by atoms with Crippen molar-refractivity contribution in [2.45, 2.75) is 33.1 Å². The first-order chi connectivity index (χ1) is 8.24. The second-order valence-corrected chi connectivity index (χ2v) is 5.35. The largest absolute Gasteiger partial charge is 0.299 e. The number of para-hydroxylation sites is 1. The standard InChI is InChI=1S/C14H17NOS/c1-3-10(4-2)12(16)9-14-15-11-7-5-6-8-13(11)17-14/h5-8,10H,3-4,9H2,1-2H3. The van der Waals surface area contributed by atoms with Gasteiger partial charge in [0.25, 0.3) is 0 Å². The predicted octanol–water partition coefficient (Wildman–Crippen LogP) is 3.84. The molecule has 0 aliphatic carbocycles. The third-order valence-electron chi connectivity index (χ3n) is 3.10. The van der Waals surface area contributed by atoms with Gasteiger partial charge in [0.1, 0.15) is 10.8 Å². The first-order valence-electron chi connectivity index (χ1n) is 6.11. The Morgan fingerprint density at radius 1 is 1.29 bits per heavy atom. The summed E-state index contributed by atoms with van der Waals surface area (Å²) in [6.45, 7) is 4.15. The Hall–Kier alpha value is -1.22. The second-order valence-electron chi connectivity index (χ2n) is 4.23. The lowest BCUT2D eigenvalue weighted by molar-refractivity contribution is -0.122. The lowest BCUT2D eigenvalue weighted by Gasteiger charge is -2.08. The minimum Gasteiger partial charge on any atom is -0.299 e. The van der Waals surface area contributed by atoms with E-state index in [2.05, 4.69) is 24.9 Å². The van der Waals surface area contributed by atoms with E-state index in [9.17, 15) is 4.79 Å². The van der Waals surface area contributed by atoms with E-state index in [4.69, 9.17) is 0 Å². The Labute approximate surface area is 106 Å². The predicted molar refractivity (Wildman–Crippen MR) is 72.4 cm³/mol. The molecule has 0 aliphatic heterocycles.